The van der Waals surface area contributed by atoms with Gasteiger partial charge in [0, 0.05) is 12.5 Å². The maximum Gasteiger partial charge on any atom is 0.251 e. The van der Waals surface area contributed by atoms with Gasteiger partial charge in [-0.3, -0.25) is 0 Å². The van der Waals surface area contributed by atoms with E-state index in [1.54, 1.807) is 0 Å². The Morgan fingerprint density at radius 3 is 1.79 bits per heavy atom. The molecule has 1 aromatic carbocycles. The van der Waals surface area contributed by atoms with Gasteiger partial charge in [-0.05, 0) is 18.9 Å². The average Bonchev–Trinajstić information content (AvgIpc) is 2.97. The van der Waals surface area contributed by atoms with Crippen LogP contribution >= 0.6 is 0 Å². The zero-order chi connectivity index (χ0) is 19.3. The molecular formula is C25H43BrN2. The van der Waals surface area contributed by atoms with Gasteiger partial charge in [0.1, 0.15) is 0 Å². The zero-order valence-corrected chi connectivity index (χ0v) is 20.2. The van der Waals surface area contributed by atoms with E-state index in [0.717, 1.165) is 0 Å². The minimum atomic E-state index is 0. The summed E-state index contributed by atoms with van der Waals surface area (Å²) < 4.78 is 2.30. The van der Waals surface area contributed by atoms with Crippen molar-refractivity contribution >= 4 is 11.0 Å². The van der Waals surface area contributed by atoms with Crippen molar-refractivity contribution in [3.63, 3.8) is 0 Å². The monoisotopic (exact) mass is 450 g/mol. The fraction of sp³-hybridized carbons (Fsp3) is 0.720. The summed E-state index contributed by atoms with van der Waals surface area (Å²) in [5.41, 5.74) is 4.17. The normalized spacial score (nSPS) is 11.1. The molecule has 2 nitrogen and oxygen atoms in total. The number of hydrogen-bond donors (Lipinski definition) is 1. The van der Waals surface area contributed by atoms with E-state index in [1.165, 1.54) is 119 Å². The van der Waals surface area contributed by atoms with Gasteiger partial charge in [0.25, 0.3) is 5.82 Å². The first-order chi connectivity index (χ1) is 13.2. The highest BCUT2D eigenvalue weighted by Gasteiger charge is 2.14. The van der Waals surface area contributed by atoms with Gasteiger partial charge < -0.3 is 17.0 Å². The quantitative estimate of drug-likeness (QED) is 0.307. The Hall–Kier alpha value is -0.830. The minimum Gasteiger partial charge on any atom is -1.00 e. The molecule has 1 aromatic heterocycles. The number of rotatable bonds is 15. The number of para-hydroxylation sites is 1. The van der Waals surface area contributed by atoms with Crippen LogP contribution in [0.4, 0.5) is 0 Å². The second-order valence-corrected chi connectivity index (χ2v) is 8.43. The van der Waals surface area contributed by atoms with E-state index >= 15 is 0 Å². The number of halogens is 1. The Bertz CT molecular complexity index is 647. The molecule has 0 aliphatic carbocycles. The number of fused-ring (bicyclic) bond motifs is 1. The highest BCUT2D eigenvalue weighted by Crippen LogP contribution is 2.18. The van der Waals surface area contributed by atoms with Gasteiger partial charge in [0.2, 0.25) is 0 Å². The maximum atomic E-state index is 3.48. The molecule has 160 valence electrons. The van der Waals surface area contributed by atoms with Crippen LogP contribution in [0.2, 0.25) is 0 Å². The number of aryl methyl sites for hydroxylation is 3. The van der Waals surface area contributed by atoms with Crippen LogP contribution in [0.25, 0.3) is 11.0 Å². The Balaban J connectivity index is 0.00000392. The molecule has 0 fully saturated rings. The lowest BCUT2D eigenvalue weighted by molar-refractivity contribution is -0.651. The van der Waals surface area contributed by atoms with Gasteiger partial charge in [-0.2, -0.15) is 0 Å². The van der Waals surface area contributed by atoms with Crippen LogP contribution in [-0.2, 0) is 13.5 Å². The third kappa shape index (κ3) is 8.68. The van der Waals surface area contributed by atoms with E-state index in [4.69, 9.17) is 0 Å². The molecule has 0 saturated carbocycles. The largest absolute Gasteiger partial charge is 1.00 e. The number of imidazole rings is 1. The fourth-order valence-corrected chi connectivity index (χ4v) is 4.25. The first kappa shape index (κ1) is 25.2. The van der Waals surface area contributed by atoms with Crippen LogP contribution in [0, 0.1) is 6.92 Å². The molecule has 0 spiro atoms. The molecule has 0 atom stereocenters. The van der Waals surface area contributed by atoms with Crippen LogP contribution in [0.3, 0.4) is 0 Å². The zero-order valence-electron chi connectivity index (χ0n) is 18.7. The molecule has 2 aromatic rings. The second-order valence-electron chi connectivity index (χ2n) is 8.43. The van der Waals surface area contributed by atoms with E-state index in [2.05, 4.69) is 48.6 Å². The molecule has 0 aliphatic heterocycles. The van der Waals surface area contributed by atoms with Crippen LogP contribution in [-0.4, -0.2) is 4.98 Å². The number of H-pyrrole nitrogens is 1. The lowest BCUT2D eigenvalue weighted by Crippen LogP contribution is -3.00. The van der Waals surface area contributed by atoms with Gasteiger partial charge >= 0.3 is 0 Å². The SMILES string of the molecule is CCCCCCCCCCCCCCCCc1cccc2[nH]c(C)[n+](C)c12.[Br-]. The van der Waals surface area contributed by atoms with Crippen LogP contribution in [0.15, 0.2) is 18.2 Å². The van der Waals surface area contributed by atoms with Crippen LogP contribution < -0.4 is 21.5 Å². The highest BCUT2D eigenvalue weighted by atomic mass is 79.9. The predicted octanol–water partition coefficient (Wildman–Crippen LogP) is 4.33. The summed E-state index contributed by atoms with van der Waals surface area (Å²) in [5.74, 6) is 1.23. The summed E-state index contributed by atoms with van der Waals surface area (Å²) in [6.07, 6.45) is 21.2. The lowest BCUT2D eigenvalue weighted by atomic mass is 10.0. The third-order valence-electron chi connectivity index (χ3n) is 6.07. The summed E-state index contributed by atoms with van der Waals surface area (Å²) in [4.78, 5) is 3.48. The van der Waals surface area contributed by atoms with Crippen molar-refractivity contribution in [2.45, 2.75) is 110 Å². The van der Waals surface area contributed by atoms with Gasteiger partial charge in [0.15, 0.2) is 11.0 Å². The topological polar surface area (TPSA) is 19.7 Å². The van der Waals surface area contributed by atoms with Gasteiger partial charge in [-0.15, -0.1) is 0 Å². The summed E-state index contributed by atoms with van der Waals surface area (Å²) in [5, 5.41) is 0. The number of nitrogens with one attached hydrogen (secondary N) is 1. The number of aromatic nitrogens is 2. The number of aromatic amines is 1. The number of hydrogen-bond acceptors (Lipinski definition) is 0. The van der Waals surface area contributed by atoms with E-state index < -0.39 is 0 Å². The molecule has 28 heavy (non-hydrogen) atoms. The van der Waals surface area contributed by atoms with Crippen LogP contribution in [0.1, 0.15) is 108 Å². The second kappa shape index (κ2) is 15.1. The van der Waals surface area contributed by atoms with Crippen LogP contribution in [0.5, 0.6) is 0 Å². The molecule has 0 saturated heterocycles. The lowest BCUT2D eigenvalue weighted by Gasteiger charge is -2.04. The molecule has 1 heterocycles. The van der Waals surface area contributed by atoms with Crippen molar-refractivity contribution in [3.8, 4) is 0 Å². The molecule has 0 aliphatic rings. The van der Waals surface area contributed by atoms with Gasteiger partial charge in [0.05, 0.1) is 7.05 Å². The van der Waals surface area contributed by atoms with E-state index in [9.17, 15) is 0 Å². The van der Waals surface area contributed by atoms with Crippen molar-refractivity contribution in [1.29, 1.82) is 0 Å². The number of unbranched alkanes of at least 4 members (excludes halogenated alkanes) is 13. The molecule has 2 rings (SSSR count). The van der Waals surface area contributed by atoms with E-state index in [1.807, 2.05) is 0 Å². The Morgan fingerprint density at radius 1 is 0.750 bits per heavy atom. The Labute approximate surface area is 184 Å². The predicted molar refractivity (Wildman–Crippen MR) is 118 cm³/mol. The van der Waals surface area contributed by atoms with Crippen molar-refractivity contribution in [2.24, 2.45) is 7.05 Å². The Morgan fingerprint density at radius 2 is 1.25 bits per heavy atom. The van der Waals surface area contributed by atoms with E-state index in [0.29, 0.717) is 0 Å². The van der Waals surface area contributed by atoms with Crippen molar-refractivity contribution in [1.82, 2.24) is 4.98 Å². The Kier molecular flexibility index (Phi) is 13.6. The number of benzene rings is 1. The summed E-state index contributed by atoms with van der Waals surface area (Å²) in [6, 6.07) is 6.69. The smallest absolute Gasteiger partial charge is 0.251 e. The molecule has 1 N–H and O–H groups in total. The minimum absolute atomic E-state index is 0. The van der Waals surface area contributed by atoms with Crippen molar-refractivity contribution in [2.75, 3.05) is 0 Å². The first-order valence-corrected chi connectivity index (χ1v) is 11.7. The first-order valence-electron chi connectivity index (χ1n) is 11.7. The highest BCUT2D eigenvalue weighted by molar-refractivity contribution is 5.75. The summed E-state index contributed by atoms with van der Waals surface area (Å²) >= 11 is 0. The molecule has 0 radical (unpaired) electrons. The van der Waals surface area contributed by atoms with Gasteiger partial charge in [-0.1, -0.05) is 103 Å². The molecule has 0 amide bonds. The fourth-order valence-electron chi connectivity index (χ4n) is 4.25. The molecule has 3 heteroatoms. The maximum absolute atomic E-state index is 3.48. The standard InChI is InChI=1S/C25H42N2.BrH/c1-4-5-6-7-8-9-10-11-12-13-14-15-16-17-19-23-20-18-21-24-25(23)27(3)22(2)26-24;/h18,20-21H,4-17,19H2,1-3H3;1H. The molecule has 0 bridgehead atoms. The van der Waals surface area contributed by atoms with Crippen molar-refractivity contribution in [3.05, 3.63) is 29.6 Å². The summed E-state index contributed by atoms with van der Waals surface area (Å²) in [7, 11) is 2.17. The van der Waals surface area contributed by atoms with E-state index in [-0.39, 0.29) is 17.0 Å². The number of nitrogens with zero attached hydrogens (tertiary/aromatic N) is 1. The van der Waals surface area contributed by atoms with Gasteiger partial charge in [-0.25, -0.2) is 9.55 Å². The third-order valence-corrected chi connectivity index (χ3v) is 6.07. The molecular weight excluding hydrogens is 408 g/mol. The average molecular weight is 452 g/mol. The summed E-state index contributed by atoms with van der Waals surface area (Å²) in [6.45, 7) is 4.44. The van der Waals surface area contributed by atoms with Crippen molar-refractivity contribution < 1.29 is 21.5 Å². The molecule has 0 unspecified atom stereocenters.